The molecule has 37 heavy (non-hydrogen) atoms. The number of nitriles is 2. The summed E-state index contributed by atoms with van der Waals surface area (Å²) in [6.45, 7) is 3.61. The average Bonchev–Trinajstić information content (AvgIpc) is 3.11. The van der Waals surface area contributed by atoms with E-state index in [1.54, 1.807) is 31.3 Å². The fourth-order valence-corrected chi connectivity index (χ4v) is 5.03. The number of pyridine rings is 2. The molecule has 2 aromatic heterocycles. The van der Waals surface area contributed by atoms with E-state index in [1.807, 2.05) is 18.2 Å². The number of hydrogen-bond acceptors (Lipinski definition) is 7. The molecule has 1 saturated heterocycles. The van der Waals surface area contributed by atoms with Gasteiger partial charge in [0, 0.05) is 32.0 Å². The van der Waals surface area contributed by atoms with Crippen molar-refractivity contribution in [1.82, 2.24) is 14.9 Å². The highest BCUT2D eigenvalue weighted by Crippen LogP contribution is 2.36. The topological polar surface area (TPSA) is 106 Å². The minimum Gasteiger partial charge on any atom is -0.488 e. The van der Waals surface area contributed by atoms with Crippen molar-refractivity contribution < 1.29 is 13.9 Å². The lowest BCUT2D eigenvalue weighted by molar-refractivity contribution is 0.0988. The molecule has 0 spiro atoms. The first-order chi connectivity index (χ1) is 18.0. The molecule has 0 aliphatic carbocycles. The van der Waals surface area contributed by atoms with Crippen molar-refractivity contribution in [3.8, 4) is 17.9 Å². The molecule has 0 radical (unpaired) electrons. The maximum Gasteiger partial charge on any atom is 0.263 e. The Kier molecular flexibility index (Phi) is 6.56. The molecule has 1 amide bonds. The maximum atomic E-state index is 15.5. The van der Waals surface area contributed by atoms with Gasteiger partial charge in [0.1, 0.15) is 18.1 Å². The van der Waals surface area contributed by atoms with Crippen molar-refractivity contribution in [2.75, 3.05) is 31.1 Å². The van der Waals surface area contributed by atoms with Crippen LogP contribution in [0.5, 0.6) is 5.75 Å². The Bertz CT molecular complexity index is 1420. The van der Waals surface area contributed by atoms with Gasteiger partial charge in [-0.1, -0.05) is 6.07 Å². The highest BCUT2D eigenvalue weighted by molar-refractivity contribution is 6.08. The van der Waals surface area contributed by atoms with Crippen LogP contribution in [0.1, 0.15) is 45.6 Å². The molecule has 2 aliphatic heterocycles. The summed E-state index contributed by atoms with van der Waals surface area (Å²) in [4.78, 5) is 25.8. The lowest BCUT2D eigenvalue weighted by Crippen LogP contribution is -2.42. The van der Waals surface area contributed by atoms with Crippen LogP contribution in [0, 0.1) is 35.4 Å². The van der Waals surface area contributed by atoms with Gasteiger partial charge in [-0.15, -0.1) is 0 Å². The number of aromatic nitrogens is 2. The number of benzene rings is 1. The summed E-state index contributed by atoms with van der Waals surface area (Å²) in [5.41, 5.74) is 1.61. The van der Waals surface area contributed by atoms with Crippen LogP contribution in [0.4, 0.5) is 10.2 Å². The maximum absolute atomic E-state index is 15.5. The fourth-order valence-electron chi connectivity index (χ4n) is 5.03. The second-order valence-corrected chi connectivity index (χ2v) is 9.33. The van der Waals surface area contributed by atoms with E-state index in [1.165, 1.54) is 11.1 Å². The summed E-state index contributed by atoms with van der Waals surface area (Å²) < 4.78 is 21.2. The molecule has 0 bridgehead atoms. The molecule has 2 aliphatic rings. The summed E-state index contributed by atoms with van der Waals surface area (Å²) in [5, 5.41) is 19.4. The predicted octanol–water partition coefficient (Wildman–Crippen LogP) is 3.89. The first-order valence-electron chi connectivity index (χ1n) is 12.1. The molecule has 5 rings (SSSR count). The molecule has 1 aromatic carbocycles. The zero-order chi connectivity index (χ0) is 26.0. The van der Waals surface area contributed by atoms with Crippen molar-refractivity contribution in [1.29, 1.82) is 10.5 Å². The van der Waals surface area contributed by atoms with E-state index in [-0.39, 0.29) is 35.8 Å². The zero-order valence-electron chi connectivity index (χ0n) is 20.4. The summed E-state index contributed by atoms with van der Waals surface area (Å²) >= 11 is 0. The first-order valence-corrected chi connectivity index (χ1v) is 12.1. The van der Waals surface area contributed by atoms with Gasteiger partial charge in [-0.25, -0.2) is 9.37 Å². The number of likely N-dealkylation sites (tertiary alicyclic amines) is 1. The van der Waals surface area contributed by atoms with Gasteiger partial charge in [-0.05, 0) is 61.2 Å². The number of anilines is 1. The molecule has 0 saturated carbocycles. The van der Waals surface area contributed by atoms with E-state index >= 15 is 4.39 Å². The van der Waals surface area contributed by atoms with Crippen molar-refractivity contribution in [3.63, 3.8) is 0 Å². The molecule has 0 unspecified atom stereocenters. The van der Waals surface area contributed by atoms with Crippen molar-refractivity contribution >= 4 is 11.7 Å². The minimum atomic E-state index is -0.642. The molecule has 186 valence electrons. The number of carbonyl (C=O) groups is 1. The average molecular weight is 497 g/mol. The van der Waals surface area contributed by atoms with Gasteiger partial charge >= 0.3 is 0 Å². The highest BCUT2D eigenvalue weighted by Gasteiger charge is 2.38. The number of piperidine rings is 1. The Morgan fingerprint density at radius 3 is 2.59 bits per heavy atom. The second kappa shape index (κ2) is 9.96. The number of rotatable bonds is 4. The van der Waals surface area contributed by atoms with Gasteiger partial charge in [0.05, 0.1) is 29.4 Å². The minimum absolute atomic E-state index is 0.0690. The number of ether oxygens (including phenoxy) is 1. The number of halogens is 1. The number of hydrogen-bond donors (Lipinski definition) is 0. The van der Waals surface area contributed by atoms with E-state index in [9.17, 15) is 15.3 Å². The van der Waals surface area contributed by atoms with E-state index in [2.05, 4.69) is 27.0 Å². The third kappa shape index (κ3) is 4.39. The molecule has 0 N–H and O–H groups in total. The predicted molar refractivity (Wildman–Crippen MR) is 133 cm³/mol. The number of carbonyl (C=O) groups excluding carboxylic acids is 1. The van der Waals surface area contributed by atoms with Crippen LogP contribution in [-0.4, -0.2) is 47.0 Å². The quantitative estimate of drug-likeness (QED) is 0.539. The second-order valence-electron chi connectivity index (χ2n) is 9.33. The van der Waals surface area contributed by atoms with Crippen LogP contribution in [0.2, 0.25) is 0 Å². The van der Waals surface area contributed by atoms with E-state index in [0.29, 0.717) is 43.6 Å². The number of amides is 1. The lowest BCUT2D eigenvalue weighted by Gasteiger charge is -2.37. The fraction of sp³-hybridized carbons (Fsp3) is 0.321. The Morgan fingerprint density at radius 2 is 1.89 bits per heavy atom. The van der Waals surface area contributed by atoms with Gasteiger partial charge < -0.3 is 4.74 Å². The summed E-state index contributed by atoms with van der Waals surface area (Å²) in [6.07, 6.45) is 4.44. The van der Waals surface area contributed by atoms with E-state index in [4.69, 9.17) is 4.74 Å². The molecule has 0 atom stereocenters. The Morgan fingerprint density at radius 1 is 1.11 bits per heavy atom. The van der Waals surface area contributed by atoms with Crippen LogP contribution >= 0.6 is 0 Å². The van der Waals surface area contributed by atoms with Gasteiger partial charge in [-0.3, -0.25) is 19.6 Å². The van der Waals surface area contributed by atoms with Crippen LogP contribution in [-0.2, 0) is 12.0 Å². The van der Waals surface area contributed by atoms with Crippen LogP contribution in [0.15, 0.2) is 48.8 Å². The zero-order valence-corrected chi connectivity index (χ0v) is 20.4. The molecular formula is C28H25FN6O2. The van der Waals surface area contributed by atoms with Gasteiger partial charge in [-0.2, -0.15) is 10.5 Å². The Balaban J connectivity index is 1.41. The molecule has 4 heterocycles. The summed E-state index contributed by atoms with van der Waals surface area (Å²) in [7, 11) is 0. The van der Waals surface area contributed by atoms with Crippen LogP contribution in [0.25, 0.3) is 0 Å². The largest absolute Gasteiger partial charge is 0.488 e. The van der Waals surface area contributed by atoms with Crippen molar-refractivity contribution in [3.05, 3.63) is 82.6 Å². The molecule has 3 aromatic rings. The first kappa shape index (κ1) is 24.4. The van der Waals surface area contributed by atoms with Gasteiger partial charge in [0.15, 0.2) is 17.4 Å². The van der Waals surface area contributed by atoms with E-state index in [0.717, 1.165) is 5.69 Å². The smallest absolute Gasteiger partial charge is 0.263 e. The molecular weight excluding hydrogens is 471 g/mol. The standard InChI is InChI=1S/C28H25FN6O2/c1-19-21(17-34-11-7-28(18-31,8-12-34)23-6-2-3-9-32-23)15-22-25(24(19)29)37-14-13-35(27(22)36)26-20(16-30)5-4-10-33-26/h2-6,9-10,15H,7-8,11-14,17H2,1H3. The third-order valence-electron chi connectivity index (χ3n) is 7.25. The molecule has 9 heteroatoms. The molecule has 8 nitrogen and oxygen atoms in total. The van der Waals surface area contributed by atoms with Crippen molar-refractivity contribution in [2.45, 2.75) is 31.7 Å². The van der Waals surface area contributed by atoms with Crippen molar-refractivity contribution in [2.24, 2.45) is 0 Å². The monoisotopic (exact) mass is 496 g/mol. The SMILES string of the molecule is Cc1c(CN2CCC(C#N)(c3ccccn3)CC2)cc2c(c1F)OCCN(c1ncccc1C#N)C2=O. The Labute approximate surface area is 214 Å². The normalized spacial score (nSPS) is 17.2. The number of fused-ring (bicyclic) bond motifs is 1. The lowest BCUT2D eigenvalue weighted by atomic mass is 9.76. The van der Waals surface area contributed by atoms with Crippen LogP contribution < -0.4 is 9.64 Å². The van der Waals surface area contributed by atoms with Crippen LogP contribution in [0.3, 0.4) is 0 Å². The summed E-state index contributed by atoms with van der Waals surface area (Å²) in [6, 6.07) is 15.1. The van der Waals surface area contributed by atoms with Gasteiger partial charge in [0.25, 0.3) is 5.91 Å². The summed E-state index contributed by atoms with van der Waals surface area (Å²) in [5.74, 6) is -0.853. The molecule has 1 fully saturated rings. The number of nitrogens with zero attached hydrogens (tertiary/aromatic N) is 6. The van der Waals surface area contributed by atoms with E-state index < -0.39 is 17.1 Å². The van der Waals surface area contributed by atoms with Gasteiger partial charge in [0.2, 0.25) is 0 Å². The Hall–Kier alpha value is -4.34. The highest BCUT2D eigenvalue weighted by atomic mass is 19.1. The third-order valence-corrected chi connectivity index (χ3v) is 7.25.